The van der Waals surface area contributed by atoms with Crippen molar-refractivity contribution in [2.75, 3.05) is 0 Å². The van der Waals surface area contributed by atoms with Crippen LogP contribution in [-0.4, -0.2) is 43.1 Å². The van der Waals surface area contributed by atoms with Crippen molar-refractivity contribution in [2.24, 2.45) is 0 Å². The number of hydrogen-bond acceptors (Lipinski definition) is 8. The molecule has 0 aliphatic heterocycles. The van der Waals surface area contributed by atoms with Crippen molar-refractivity contribution < 1.29 is 117 Å². The molecule has 0 N–H and O–H groups in total. The maximum Gasteiger partial charge on any atom is 0.177 e. The molecule has 0 aliphatic rings. The molecule has 0 unspecified atom stereocenters. The van der Waals surface area contributed by atoms with Crippen LogP contribution in [0.3, 0.4) is 0 Å². The van der Waals surface area contributed by atoms with Crippen molar-refractivity contribution in [1.29, 1.82) is 0 Å². The molecule has 0 saturated carbocycles. The van der Waals surface area contributed by atoms with Gasteiger partial charge < -0.3 is 19.9 Å². The Bertz CT molecular complexity index is 4100. The van der Waals surface area contributed by atoms with Crippen LogP contribution in [0.25, 0.3) is 45.0 Å². The fourth-order valence-electron chi connectivity index (χ4n) is 8.33. The molecule has 0 fully saturated rings. The number of ketones is 4. The summed E-state index contributed by atoms with van der Waals surface area (Å²) in [5.41, 5.74) is 9.59. The summed E-state index contributed by atoms with van der Waals surface area (Å²) in [6, 6.07) is 76.2. The van der Waals surface area contributed by atoms with Gasteiger partial charge in [0, 0.05) is 139 Å². The van der Waals surface area contributed by atoms with E-state index in [-0.39, 0.29) is 120 Å². The second kappa shape index (κ2) is 35.4. The molecule has 12 aromatic rings. The predicted octanol–water partition coefficient (Wildman–Crippen LogP) is 16.0. The molecule has 0 aliphatic carbocycles. The SMILES string of the molecule is Cc1ccc(C(=O)c2cc[c-]c(-c3ccccn3)c2)cc1.O=C(c1ccc(F)cc1)c1cc(-c2ccccn2)[c-]cc1F.O=C(c1ccc(F)cc1)c1cc[c-]c(-c2ccccn2)c1.O=C(c1ccccc1)c1cc(-c2ccccn2)[c-]cc1F.[Ir].[Ir].[Ir].[Ir]. The number of benzene rings is 8. The Hall–Kier alpha value is -8.64. The Labute approximate surface area is 566 Å². The van der Waals surface area contributed by atoms with Crippen LogP contribution in [0.1, 0.15) is 69.2 Å². The van der Waals surface area contributed by atoms with Crippen molar-refractivity contribution >= 4 is 23.1 Å². The number of pyridine rings is 4. The van der Waals surface area contributed by atoms with Crippen LogP contribution < -0.4 is 0 Å². The third-order valence-electron chi connectivity index (χ3n) is 12.7. The quantitative estimate of drug-likeness (QED) is 0.0674. The van der Waals surface area contributed by atoms with E-state index in [1.54, 1.807) is 110 Å². The number of carbonyl (C=O) groups is 4. The fraction of sp³-hybridized carbons (Fsp3) is 0.0137. The van der Waals surface area contributed by atoms with Gasteiger partial charge in [-0.05, 0) is 114 Å². The molecule has 12 rings (SSSR count). The van der Waals surface area contributed by atoms with Gasteiger partial charge in [0.05, 0.1) is 0 Å². The van der Waals surface area contributed by atoms with Crippen LogP contribution in [0.5, 0.6) is 0 Å². The van der Waals surface area contributed by atoms with Crippen LogP contribution in [0, 0.1) is 54.5 Å². The second-order valence-corrected chi connectivity index (χ2v) is 18.6. The van der Waals surface area contributed by atoms with Gasteiger partial charge in [-0.1, -0.05) is 120 Å². The van der Waals surface area contributed by atoms with Crippen LogP contribution in [0.15, 0.2) is 261 Å². The van der Waals surface area contributed by atoms with Crippen LogP contribution in [-0.2, 0) is 80.4 Å². The topological polar surface area (TPSA) is 120 Å². The molecule has 0 atom stereocenters. The minimum atomic E-state index is -0.672. The van der Waals surface area contributed by atoms with E-state index in [9.17, 15) is 36.7 Å². The average Bonchev–Trinajstić information content (AvgIpc) is 3.65. The second-order valence-electron chi connectivity index (χ2n) is 18.6. The number of rotatable bonds is 12. The molecule has 0 spiro atoms. The first-order chi connectivity index (χ1) is 41.4. The Morgan fingerprint density at radius 2 is 0.618 bits per heavy atom. The molecule has 0 bridgehead atoms. The van der Waals surface area contributed by atoms with E-state index in [1.807, 2.05) is 85.8 Å². The van der Waals surface area contributed by atoms with Gasteiger partial charge in [0.2, 0.25) is 0 Å². The first-order valence-electron chi connectivity index (χ1n) is 26.3. The summed E-state index contributed by atoms with van der Waals surface area (Å²) in [5.74, 6) is -3.06. The number of halogens is 4. The Morgan fingerprint density at radius 1 is 0.315 bits per heavy atom. The summed E-state index contributed by atoms with van der Waals surface area (Å²) in [4.78, 5) is 66.5. The van der Waals surface area contributed by atoms with Crippen molar-refractivity contribution in [3.63, 3.8) is 0 Å². The van der Waals surface area contributed by atoms with E-state index in [0.29, 0.717) is 50.3 Å². The zero-order valence-corrected chi connectivity index (χ0v) is 56.2. The number of aryl methyl sites for hydroxylation is 1. The number of aromatic nitrogens is 4. The molecule has 4 aromatic heterocycles. The summed E-state index contributed by atoms with van der Waals surface area (Å²) in [7, 11) is 0. The normalized spacial score (nSPS) is 9.90. The van der Waals surface area contributed by atoms with Gasteiger partial charge in [-0.2, -0.15) is 0 Å². The van der Waals surface area contributed by atoms with Gasteiger partial charge in [-0.25, -0.2) is 8.78 Å². The summed E-state index contributed by atoms with van der Waals surface area (Å²) in [5, 5.41) is 0. The van der Waals surface area contributed by atoms with E-state index in [4.69, 9.17) is 0 Å². The Balaban J connectivity index is 0.000000213. The van der Waals surface area contributed by atoms with Gasteiger partial charge in [-0.15, -0.1) is 107 Å². The summed E-state index contributed by atoms with van der Waals surface area (Å²) in [6.45, 7) is 2.00. The van der Waals surface area contributed by atoms with E-state index in [1.165, 1.54) is 66.7 Å². The molecule has 8 nitrogen and oxygen atoms in total. The number of carbonyl (C=O) groups excluding carboxylic acids is 4. The first kappa shape index (κ1) is 71.1. The van der Waals surface area contributed by atoms with Crippen molar-refractivity contribution in [3.8, 4) is 45.0 Å². The molecule has 0 saturated heterocycles. The maximum atomic E-state index is 14.0. The molecule has 0 amide bonds. The van der Waals surface area contributed by atoms with Gasteiger partial charge >= 0.3 is 0 Å². The Morgan fingerprint density at radius 3 is 0.955 bits per heavy atom. The first-order valence-corrected chi connectivity index (χ1v) is 26.3. The third-order valence-corrected chi connectivity index (χ3v) is 12.7. The summed E-state index contributed by atoms with van der Waals surface area (Å²) >= 11 is 0. The van der Waals surface area contributed by atoms with E-state index < -0.39 is 23.2 Å². The van der Waals surface area contributed by atoms with Gasteiger partial charge in [0.1, 0.15) is 11.6 Å². The smallest absolute Gasteiger partial charge is 0.177 e. The van der Waals surface area contributed by atoms with Crippen molar-refractivity contribution in [1.82, 2.24) is 19.9 Å². The summed E-state index contributed by atoms with van der Waals surface area (Å²) in [6.07, 6.45) is 6.68. The zero-order valence-electron chi connectivity index (χ0n) is 46.6. The largest absolute Gasteiger partial charge is 0.305 e. The molecule has 4 radical (unpaired) electrons. The van der Waals surface area contributed by atoms with Crippen molar-refractivity contribution in [2.45, 2.75) is 6.92 Å². The molecular formula is C73H46F4Ir4N4O4-4. The predicted molar refractivity (Wildman–Crippen MR) is 318 cm³/mol. The van der Waals surface area contributed by atoms with Gasteiger partial charge in [-0.3, -0.25) is 28.0 Å². The molecule has 4 heterocycles. The summed E-state index contributed by atoms with van der Waals surface area (Å²) < 4.78 is 53.7. The minimum Gasteiger partial charge on any atom is -0.305 e. The number of nitrogens with zero attached hydrogens (tertiary/aromatic N) is 4. The zero-order chi connectivity index (χ0) is 59.5. The maximum absolute atomic E-state index is 14.0. The number of hydrogen-bond donors (Lipinski definition) is 0. The van der Waals surface area contributed by atoms with Gasteiger partial charge in [0.15, 0.2) is 23.1 Å². The molecule has 450 valence electrons. The van der Waals surface area contributed by atoms with Crippen LogP contribution in [0.2, 0.25) is 0 Å². The molecule has 8 aromatic carbocycles. The average molecular weight is 1890 g/mol. The minimum absolute atomic E-state index is 0. The van der Waals surface area contributed by atoms with Crippen LogP contribution >= 0.6 is 0 Å². The molecule has 89 heavy (non-hydrogen) atoms. The molecule has 16 heteroatoms. The molecular weight excluding hydrogens is 1840 g/mol. The van der Waals surface area contributed by atoms with E-state index in [0.717, 1.165) is 34.1 Å². The van der Waals surface area contributed by atoms with Gasteiger partial charge in [0.25, 0.3) is 0 Å². The van der Waals surface area contributed by atoms with E-state index >= 15 is 0 Å². The van der Waals surface area contributed by atoms with E-state index in [2.05, 4.69) is 44.2 Å². The monoisotopic (exact) mass is 1890 g/mol. The fourth-order valence-corrected chi connectivity index (χ4v) is 8.33. The van der Waals surface area contributed by atoms with Crippen molar-refractivity contribution in [3.05, 3.63) is 359 Å². The standard InChI is InChI=1S/C19H14NO.C18H10F2NO.2C18H11FNO.4Ir/c1-14-8-10-15(11-9-14)19(21)17-6-4-5-16(13-17)18-7-2-3-12-20-18;19-14-7-4-12(5-8-14)18(22)15-11-13(6-9-16(15)20)17-3-1-2-10-21-17;19-16-9-7-13(8-10-16)18(21)15-5-3-4-14(12-15)17-6-1-2-11-20-17;19-16-10-9-14(17-8-4-5-11-20-17)12-15(16)18(21)13-6-2-1-3-7-13;;;;/h2-4,6-13H,1H3;1-5,7-11H;1-3,5-12H;1-8,10-12H;;;;/q4*-1;;;;. The van der Waals surface area contributed by atoms with Crippen LogP contribution in [0.4, 0.5) is 17.6 Å². The third kappa shape index (κ3) is 19.7. The Kier molecular flexibility index (Phi) is 28.3.